The summed E-state index contributed by atoms with van der Waals surface area (Å²) >= 11 is 0. The highest BCUT2D eigenvalue weighted by Gasteiger charge is 2.12. The highest BCUT2D eigenvalue weighted by atomic mass is 19.1. The Morgan fingerprint density at radius 3 is 2.86 bits per heavy atom. The molecule has 7 heteroatoms. The Labute approximate surface area is 127 Å². The first-order valence-corrected chi connectivity index (χ1v) is 7.01. The lowest BCUT2D eigenvalue weighted by molar-refractivity contribution is 0.122. The lowest BCUT2D eigenvalue weighted by Crippen LogP contribution is -2.36. The van der Waals surface area contributed by atoms with E-state index >= 15 is 0 Å². The van der Waals surface area contributed by atoms with Gasteiger partial charge in [-0.25, -0.2) is 14.4 Å². The van der Waals surface area contributed by atoms with E-state index in [0.29, 0.717) is 24.6 Å². The van der Waals surface area contributed by atoms with E-state index in [4.69, 9.17) is 4.74 Å². The zero-order chi connectivity index (χ0) is 15.2. The number of ether oxygens (including phenoxy) is 1. The second-order valence-corrected chi connectivity index (χ2v) is 4.75. The molecule has 0 bridgehead atoms. The molecule has 1 aromatic heterocycles. The van der Waals surface area contributed by atoms with Gasteiger partial charge in [0, 0.05) is 24.7 Å². The number of nitrogens with one attached hydrogen (secondary N) is 1. The minimum atomic E-state index is -0.315. The predicted octanol–water partition coefficient (Wildman–Crippen LogP) is 1.90. The van der Waals surface area contributed by atoms with E-state index in [1.807, 2.05) is 6.07 Å². The zero-order valence-electron chi connectivity index (χ0n) is 11.9. The van der Waals surface area contributed by atoms with Gasteiger partial charge < -0.3 is 9.64 Å². The van der Waals surface area contributed by atoms with Crippen LogP contribution >= 0.6 is 0 Å². The molecule has 0 aliphatic carbocycles. The molecule has 0 unspecified atom stereocenters. The van der Waals surface area contributed by atoms with Crippen LogP contribution in [0.25, 0.3) is 0 Å². The molecule has 0 spiro atoms. The minimum absolute atomic E-state index is 0.315. The maximum Gasteiger partial charge on any atom is 0.151 e. The van der Waals surface area contributed by atoms with Crippen LogP contribution in [0.5, 0.6) is 0 Å². The number of morpholine rings is 1. The summed E-state index contributed by atoms with van der Waals surface area (Å²) in [7, 11) is 0. The molecule has 2 heterocycles. The van der Waals surface area contributed by atoms with Crippen molar-refractivity contribution in [3.05, 3.63) is 48.0 Å². The normalized spacial score (nSPS) is 15.2. The topological polar surface area (TPSA) is 62.6 Å². The molecular weight excluding hydrogens is 285 g/mol. The number of benzene rings is 1. The first kappa shape index (κ1) is 14.4. The van der Waals surface area contributed by atoms with Crippen molar-refractivity contribution in [2.45, 2.75) is 0 Å². The monoisotopic (exact) mass is 301 g/mol. The summed E-state index contributed by atoms with van der Waals surface area (Å²) in [4.78, 5) is 10.5. The van der Waals surface area contributed by atoms with Crippen molar-refractivity contribution >= 4 is 17.9 Å². The standard InChI is InChI=1S/C15H16FN5O/c16-13-4-2-1-3-12(13)10-19-20-14-9-15(18-11-17-14)21-5-7-22-8-6-21/h1-4,9-11H,5-8H2,(H,17,18,20)/b19-10+. The number of hydrogen-bond donors (Lipinski definition) is 1. The van der Waals surface area contributed by atoms with E-state index in [0.717, 1.165) is 18.9 Å². The van der Waals surface area contributed by atoms with Crippen LogP contribution < -0.4 is 10.3 Å². The Kier molecular flexibility index (Phi) is 4.55. The van der Waals surface area contributed by atoms with Crippen molar-refractivity contribution in [2.24, 2.45) is 5.10 Å². The molecule has 3 rings (SSSR count). The number of nitrogens with zero attached hydrogens (tertiary/aromatic N) is 4. The Balaban J connectivity index is 1.66. The highest BCUT2D eigenvalue weighted by Crippen LogP contribution is 2.15. The second-order valence-electron chi connectivity index (χ2n) is 4.75. The SMILES string of the molecule is Fc1ccccc1/C=N/Nc1cc(N2CCOCC2)ncn1. The third kappa shape index (κ3) is 3.56. The van der Waals surface area contributed by atoms with Gasteiger partial charge in [0.15, 0.2) is 5.82 Å². The zero-order valence-corrected chi connectivity index (χ0v) is 11.9. The summed E-state index contributed by atoms with van der Waals surface area (Å²) in [5, 5.41) is 4.01. The molecule has 1 aliphatic rings. The van der Waals surface area contributed by atoms with Crippen LogP contribution in [0.2, 0.25) is 0 Å². The van der Waals surface area contributed by atoms with E-state index in [9.17, 15) is 4.39 Å². The molecule has 0 saturated carbocycles. The largest absolute Gasteiger partial charge is 0.378 e. The Morgan fingerprint density at radius 1 is 1.23 bits per heavy atom. The molecule has 1 aromatic carbocycles. The number of hydrazone groups is 1. The van der Waals surface area contributed by atoms with Crippen LogP contribution in [0.4, 0.5) is 16.0 Å². The van der Waals surface area contributed by atoms with Gasteiger partial charge in [0.1, 0.15) is 18.0 Å². The van der Waals surface area contributed by atoms with Crippen LogP contribution in [0.1, 0.15) is 5.56 Å². The third-order valence-corrected chi connectivity index (χ3v) is 3.28. The van der Waals surface area contributed by atoms with Crippen molar-refractivity contribution < 1.29 is 9.13 Å². The summed E-state index contributed by atoms with van der Waals surface area (Å²) < 4.78 is 18.8. The summed E-state index contributed by atoms with van der Waals surface area (Å²) in [6, 6.07) is 8.25. The maximum absolute atomic E-state index is 13.5. The maximum atomic E-state index is 13.5. The van der Waals surface area contributed by atoms with E-state index in [2.05, 4.69) is 25.4 Å². The summed E-state index contributed by atoms with van der Waals surface area (Å²) in [6.07, 6.45) is 2.90. The number of anilines is 2. The van der Waals surface area contributed by atoms with Gasteiger partial charge in [0.2, 0.25) is 0 Å². The van der Waals surface area contributed by atoms with Gasteiger partial charge in [0.25, 0.3) is 0 Å². The molecule has 22 heavy (non-hydrogen) atoms. The first-order chi connectivity index (χ1) is 10.8. The van der Waals surface area contributed by atoms with Crippen molar-refractivity contribution in [3.8, 4) is 0 Å². The Bertz CT molecular complexity index is 658. The number of aromatic nitrogens is 2. The van der Waals surface area contributed by atoms with Gasteiger partial charge >= 0.3 is 0 Å². The molecule has 1 saturated heterocycles. The van der Waals surface area contributed by atoms with Gasteiger partial charge in [-0.2, -0.15) is 5.10 Å². The molecular formula is C15H16FN5O. The molecule has 114 valence electrons. The van der Waals surface area contributed by atoms with Crippen molar-refractivity contribution in [2.75, 3.05) is 36.6 Å². The predicted molar refractivity (Wildman–Crippen MR) is 82.7 cm³/mol. The summed E-state index contributed by atoms with van der Waals surface area (Å²) in [5.74, 6) is 1.07. The van der Waals surface area contributed by atoms with Crippen molar-refractivity contribution in [3.63, 3.8) is 0 Å². The fourth-order valence-corrected chi connectivity index (χ4v) is 2.12. The average molecular weight is 301 g/mol. The molecule has 0 atom stereocenters. The van der Waals surface area contributed by atoms with E-state index in [-0.39, 0.29) is 5.82 Å². The van der Waals surface area contributed by atoms with Crippen LogP contribution in [-0.2, 0) is 4.74 Å². The van der Waals surface area contributed by atoms with E-state index < -0.39 is 0 Å². The average Bonchev–Trinajstić information content (AvgIpc) is 2.58. The van der Waals surface area contributed by atoms with Crippen LogP contribution in [-0.4, -0.2) is 42.5 Å². The van der Waals surface area contributed by atoms with Crippen LogP contribution in [0, 0.1) is 5.82 Å². The fourth-order valence-electron chi connectivity index (χ4n) is 2.12. The van der Waals surface area contributed by atoms with Gasteiger partial charge in [-0.1, -0.05) is 18.2 Å². The molecule has 0 radical (unpaired) electrons. The van der Waals surface area contributed by atoms with Crippen LogP contribution in [0.15, 0.2) is 41.8 Å². The molecule has 1 aliphatic heterocycles. The summed E-state index contributed by atoms with van der Waals surface area (Å²) in [6.45, 7) is 2.99. The lowest BCUT2D eigenvalue weighted by Gasteiger charge is -2.27. The summed E-state index contributed by atoms with van der Waals surface area (Å²) in [5.41, 5.74) is 3.21. The molecule has 2 aromatic rings. The smallest absolute Gasteiger partial charge is 0.151 e. The van der Waals surface area contributed by atoms with Gasteiger partial charge in [-0.3, -0.25) is 5.43 Å². The van der Waals surface area contributed by atoms with Gasteiger partial charge in [-0.05, 0) is 6.07 Å². The fraction of sp³-hybridized carbons (Fsp3) is 0.267. The number of rotatable bonds is 4. The Hall–Kier alpha value is -2.54. The quantitative estimate of drug-likeness (QED) is 0.690. The second kappa shape index (κ2) is 6.95. The molecule has 1 N–H and O–H groups in total. The molecule has 0 amide bonds. The highest BCUT2D eigenvalue weighted by molar-refractivity contribution is 5.80. The van der Waals surface area contributed by atoms with Gasteiger partial charge in [0.05, 0.1) is 19.4 Å². The minimum Gasteiger partial charge on any atom is -0.378 e. The lowest BCUT2D eigenvalue weighted by atomic mass is 10.2. The van der Waals surface area contributed by atoms with Crippen molar-refractivity contribution in [1.82, 2.24) is 9.97 Å². The van der Waals surface area contributed by atoms with Crippen LogP contribution in [0.3, 0.4) is 0 Å². The molecule has 6 nitrogen and oxygen atoms in total. The van der Waals surface area contributed by atoms with Crippen molar-refractivity contribution in [1.29, 1.82) is 0 Å². The number of hydrogen-bond acceptors (Lipinski definition) is 6. The molecule has 1 fully saturated rings. The van der Waals surface area contributed by atoms with E-state index in [1.165, 1.54) is 18.6 Å². The van der Waals surface area contributed by atoms with Gasteiger partial charge in [-0.15, -0.1) is 0 Å². The first-order valence-electron chi connectivity index (χ1n) is 7.01. The Morgan fingerprint density at radius 2 is 2.05 bits per heavy atom. The van der Waals surface area contributed by atoms with E-state index in [1.54, 1.807) is 18.2 Å². The third-order valence-electron chi connectivity index (χ3n) is 3.28. The number of halogens is 1.